The van der Waals surface area contributed by atoms with E-state index in [1.807, 2.05) is 4.90 Å². The van der Waals surface area contributed by atoms with Gasteiger partial charge in [0.25, 0.3) is 0 Å². The van der Waals surface area contributed by atoms with Crippen LogP contribution in [0.5, 0.6) is 0 Å². The fourth-order valence-corrected chi connectivity index (χ4v) is 5.15. The molecule has 1 aromatic carbocycles. The number of piperazine rings is 1. The van der Waals surface area contributed by atoms with Crippen molar-refractivity contribution in [3.05, 3.63) is 29.8 Å². The third-order valence-corrected chi connectivity index (χ3v) is 7.04. The summed E-state index contributed by atoms with van der Waals surface area (Å²) < 4.78 is 70.7. The van der Waals surface area contributed by atoms with Gasteiger partial charge in [0.2, 0.25) is 10.0 Å². The van der Waals surface area contributed by atoms with E-state index in [2.05, 4.69) is 9.62 Å². The summed E-state index contributed by atoms with van der Waals surface area (Å²) in [4.78, 5) is 3.97. The lowest BCUT2D eigenvalue weighted by molar-refractivity contribution is -0.137. The zero-order valence-electron chi connectivity index (χ0n) is 16.8. The van der Waals surface area contributed by atoms with Gasteiger partial charge in [-0.3, -0.25) is 4.90 Å². The number of aliphatic hydroxyl groups is 1. The number of nitrogens with one attached hydrogen (secondary N) is 1. The van der Waals surface area contributed by atoms with Crippen molar-refractivity contribution in [2.75, 3.05) is 50.0 Å². The highest BCUT2D eigenvalue weighted by Gasteiger charge is 2.39. The zero-order valence-corrected chi connectivity index (χ0v) is 17.6. The summed E-state index contributed by atoms with van der Waals surface area (Å²) in [7, 11) is -3.45. The molecule has 0 radical (unpaired) electrons. The Morgan fingerprint density at radius 3 is 2.57 bits per heavy atom. The standard InChI is InChI=1S/C19H28F3N3O4S/c1-2-10-30(27,28)23-16-13-29-17(18(16)26)12-24-6-8-25(9-7-24)15-5-3-4-14(11-15)19(20,21)22/h3-5,11,16-18,23,26H,2,6-10,12-13H2,1H3/t16-,17-,18+/m0/s1. The van der Waals surface area contributed by atoms with Crippen molar-refractivity contribution in [1.82, 2.24) is 9.62 Å². The molecule has 0 aliphatic carbocycles. The summed E-state index contributed by atoms with van der Waals surface area (Å²) in [5.74, 6) is -0.00160. The number of anilines is 1. The Morgan fingerprint density at radius 1 is 1.23 bits per heavy atom. The van der Waals surface area contributed by atoms with E-state index in [4.69, 9.17) is 4.74 Å². The van der Waals surface area contributed by atoms with Crippen LogP contribution in [0.15, 0.2) is 24.3 Å². The molecule has 0 unspecified atom stereocenters. The van der Waals surface area contributed by atoms with E-state index in [0.717, 1.165) is 12.1 Å². The molecular weight excluding hydrogens is 423 g/mol. The Kier molecular flexibility index (Phi) is 7.28. The highest BCUT2D eigenvalue weighted by molar-refractivity contribution is 7.89. The van der Waals surface area contributed by atoms with Crippen LogP contribution in [-0.2, 0) is 20.9 Å². The number of rotatable bonds is 7. The predicted octanol–water partition coefficient (Wildman–Crippen LogP) is 1.29. The molecule has 2 fully saturated rings. The van der Waals surface area contributed by atoms with Crippen LogP contribution in [-0.4, -0.2) is 81.8 Å². The summed E-state index contributed by atoms with van der Waals surface area (Å²) in [5, 5.41) is 10.5. The molecule has 2 N–H and O–H groups in total. The summed E-state index contributed by atoms with van der Waals surface area (Å²) >= 11 is 0. The van der Waals surface area contributed by atoms with Gasteiger partial charge in [0.15, 0.2) is 0 Å². The van der Waals surface area contributed by atoms with Crippen LogP contribution in [0, 0.1) is 0 Å². The molecule has 0 aromatic heterocycles. The average Bonchev–Trinajstić information content (AvgIpc) is 3.01. The number of nitrogens with zero attached hydrogens (tertiary/aromatic N) is 2. The molecule has 0 spiro atoms. The van der Waals surface area contributed by atoms with Crippen LogP contribution in [0.1, 0.15) is 18.9 Å². The number of sulfonamides is 1. The lowest BCUT2D eigenvalue weighted by atomic mass is 10.1. The molecule has 0 amide bonds. The quantitative estimate of drug-likeness (QED) is 0.650. The third-order valence-electron chi connectivity index (χ3n) is 5.44. The number of hydrogen-bond acceptors (Lipinski definition) is 6. The Balaban J connectivity index is 1.51. The first-order valence-corrected chi connectivity index (χ1v) is 11.7. The van der Waals surface area contributed by atoms with Crippen LogP contribution < -0.4 is 9.62 Å². The second-order valence-corrected chi connectivity index (χ2v) is 9.61. The van der Waals surface area contributed by atoms with Gasteiger partial charge in [-0.2, -0.15) is 13.2 Å². The molecule has 30 heavy (non-hydrogen) atoms. The van der Waals surface area contributed by atoms with E-state index in [1.165, 1.54) is 6.07 Å². The van der Waals surface area contributed by atoms with Crippen molar-refractivity contribution in [1.29, 1.82) is 0 Å². The fraction of sp³-hybridized carbons (Fsp3) is 0.684. The largest absolute Gasteiger partial charge is 0.416 e. The van der Waals surface area contributed by atoms with Gasteiger partial charge in [-0.25, -0.2) is 13.1 Å². The molecule has 1 aromatic rings. The minimum Gasteiger partial charge on any atom is -0.389 e. The Labute approximate surface area is 174 Å². The smallest absolute Gasteiger partial charge is 0.389 e. The fourth-order valence-electron chi connectivity index (χ4n) is 3.83. The maximum absolute atomic E-state index is 12.9. The summed E-state index contributed by atoms with van der Waals surface area (Å²) in [6.07, 6.45) is -5.35. The Hall–Kier alpha value is -1.40. The van der Waals surface area contributed by atoms with Crippen molar-refractivity contribution in [2.24, 2.45) is 0 Å². The van der Waals surface area contributed by atoms with Crippen molar-refractivity contribution in [2.45, 2.75) is 37.8 Å². The molecule has 170 valence electrons. The third kappa shape index (κ3) is 5.85. The van der Waals surface area contributed by atoms with E-state index >= 15 is 0 Å². The molecule has 2 aliphatic rings. The molecule has 3 atom stereocenters. The monoisotopic (exact) mass is 451 g/mol. The molecule has 2 aliphatic heterocycles. The first-order valence-electron chi connectivity index (χ1n) is 10.0. The van der Waals surface area contributed by atoms with E-state index in [-0.39, 0.29) is 12.4 Å². The molecule has 7 nitrogen and oxygen atoms in total. The van der Waals surface area contributed by atoms with Crippen molar-refractivity contribution >= 4 is 15.7 Å². The minimum absolute atomic E-state index is 0.00160. The van der Waals surface area contributed by atoms with Crippen LogP contribution in [0.3, 0.4) is 0 Å². The van der Waals surface area contributed by atoms with Crippen LogP contribution in [0.25, 0.3) is 0 Å². The van der Waals surface area contributed by atoms with Gasteiger partial charge in [0, 0.05) is 38.4 Å². The number of ether oxygens (including phenoxy) is 1. The average molecular weight is 452 g/mol. The van der Waals surface area contributed by atoms with Gasteiger partial charge in [-0.15, -0.1) is 0 Å². The summed E-state index contributed by atoms with van der Waals surface area (Å²) in [5.41, 5.74) is -0.131. The zero-order chi connectivity index (χ0) is 21.9. The van der Waals surface area contributed by atoms with E-state index in [9.17, 15) is 26.7 Å². The first-order chi connectivity index (χ1) is 14.1. The maximum Gasteiger partial charge on any atom is 0.416 e. The number of benzene rings is 1. The highest BCUT2D eigenvalue weighted by atomic mass is 32.2. The SMILES string of the molecule is CCCS(=O)(=O)N[C@H]1CO[C@@H](CN2CCN(c3cccc(C(F)(F)F)c3)CC2)[C@@H]1O. The van der Waals surface area contributed by atoms with Gasteiger partial charge >= 0.3 is 6.18 Å². The molecule has 11 heteroatoms. The van der Waals surface area contributed by atoms with Crippen LogP contribution in [0.2, 0.25) is 0 Å². The van der Waals surface area contributed by atoms with Crippen LogP contribution >= 0.6 is 0 Å². The Morgan fingerprint density at radius 2 is 1.93 bits per heavy atom. The number of aliphatic hydroxyl groups excluding tert-OH is 1. The highest BCUT2D eigenvalue weighted by Crippen LogP contribution is 2.32. The molecule has 0 saturated carbocycles. The molecule has 2 heterocycles. The second-order valence-electron chi connectivity index (χ2n) is 7.74. The van der Waals surface area contributed by atoms with Crippen molar-refractivity contribution in [3.63, 3.8) is 0 Å². The number of hydrogen-bond donors (Lipinski definition) is 2. The molecule has 0 bridgehead atoms. The molecule has 2 saturated heterocycles. The van der Waals surface area contributed by atoms with Gasteiger partial charge < -0.3 is 14.7 Å². The van der Waals surface area contributed by atoms with Crippen molar-refractivity contribution in [3.8, 4) is 0 Å². The molecule has 3 rings (SSSR count). The van der Waals surface area contributed by atoms with E-state index in [0.29, 0.717) is 44.8 Å². The lowest BCUT2D eigenvalue weighted by Crippen LogP contribution is -2.51. The number of alkyl halides is 3. The predicted molar refractivity (Wildman–Crippen MR) is 107 cm³/mol. The summed E-state index contributed by atoms with van der Waals surface area (Å²) in [6.45, 7) is 4.63. The second kappa shape index (κ2) is 9.39. The van der Waals surface area contributed by atoms with E-state index < -0.39 is 40.0 Å². The topological polar surface area (TPSA) is 82.1 Å². The maximum atomic E-state index is 12.9. The van der Waals surface area contributed by atoms with Gasteiger partial charge in [0.05, 0.1) is 36.2 Å². The van der Waals surface area contributed by atoms with Gasteiger partial charge in [0.1, 0.15) is 0 Å². The normalized spacial score (nSPS) is 26.3. The van der Waals surface area contributed by atoms with E-state index in [1.54, 1.807) is 13.0 Å². The first kappa shape index (κ1) is 23.3. The minimum atomic E-state index is -4.37. The van der Waals surface area contributed by atoms with Crippen molar-refractivity contribution < 1.29 is 31.4 Å². The van der Waals surface area contributed by atoms with Gasteiger partial charge in [-0.1, -0.05) is 13.0 Å². The Bertz CT molecular complexity index is 813. The molecular formula is C19H28F3N3O4S. The van der Waals surface area contributed by atoms with Gasteiger partial charge in [-0.05, 0) is 24.6 Å². The lowest BCUT2D eigenvalue weighted by Gasteiger charge is -2.37. The number of halogens is 3. The summed E-state index contributed by atoms with van der Waals surface area (Å²) in [6, 6.07) is 4.63. The van der Waals surface area contributed by atoms with Crippen LogP contribution in [0.4, 0.5) is 18.9 Å².